The van der Waals surface area contributed by atoms with Crippen molar-refractivity contribution in [2.24, 2.45) is 10.9 Å². The SMILES string of the molecule is COC(=O)[C@H]1C(c2ccc(Cl)c(Cl)c2)CC2CCC1N2CCCN(CC[S-])CC([O-])=NCC[S-].[O-2].[Re]. The second-order valence-electron chi connectivity index (χ2n) is 8.91. The molecule has 36 heavy (non-hydrogen) atoms. The first-order valence-electron chi connectivity index (χ1n) is 11.8. The Morgan fingerprint density at radius 1 is 1.22 bits per heavy atom. The Hall–Kier alpha value is -0.0177. The van der Waals surface area contributed by atoms with E-state index in [1.165, 1.54) is 7.11 Å². The predicted octanol–water partition coefficient (Wildman–Crippen LogP) is 2.53. The van der Waals surface area contributed by atoms with Crippen LogP contribution in [0.4, 0.5) is 0 Å². The van der Waals surface area contributed by atoms with Crippen molar-refractivity contribution in [3.63, 3.8) is 0 Å². The number of benzene rings is 1. The average Bonchev–Trinajstić information content (AvgIpc) is 3.09. The van der Waals surface area contributed by atoms with E-state index in [1.807, 2.05) is 12.1 Å². The molecule has 205 valence electrons. The summed E-state index contributed by atoms with van der Waals surface area (Å²) in [4.78, 5) is 21.5. The number of hydrogen-bond donors (Lipinski definition) is 0. The standard InChI is InChI=1S/C24H35Cl2N3O3S2.O.Re/c1-32-24(31)23-18(16-3-5-19(25)20(26)13-16)14-17-4-6-21(23)29(17)9-2-8-28(10-12-34)15-22(30)27-7-11-33;;/h3,5,13,17-18,21,23,33-34H,2,4,6-12,14-15H2,1H3,(H,27,30);;/q;-2;/p-3/t17?,18?,21?,23-;;/m0../s1. The fourth-order valence-electron chi connectivity index (χ4n) is 5.49. The molecule has 0 aromatic heterocycles. The molecule has 1 radical (unpaired) electrons. The molecule has 0 N–H and O–H groups in total. The van der Waals surface area contributed by atoms with Crippen molar-refractivity contribution in [1.82, 2.24) is 9.80 Å². The number of piperidine rings is 1. The van der Waals surface area contributed by atoms with E-state index in [9.17, 15) is 9.90 Å². The first kappa shape index (κ1) is 34.0. The molecule has 0 spiro atoms. The third-order valence-electron chi connectivity index (χ3n) is 6.95. The normalized spacial score (nSPS) is 23.8. The van der Waals surface area contributed by atoms with E-state index in [0.717, 1.165) is 44.3 Å². The summed E-state index contributed by atoms with van der Waals surface area (Å²) in [6.07, 6.45) is 3.80. The van der Waals surface area contributed by atoms with E-state index < -0.39 is 0 Å². The molecule has 4 atom stereocenters. The van der Waals surface area contributed by atoms with Gasteiger partial charge in [0.25, 0.3) is 0 Å². The Morgan fingerprint density at radius 3 is 2.61 bits per heavy atom. The molecule has 12 heteroatoms. The van der Waals surface area contributed by atoms with Crippen LogP contribution in [0, 0.1) is 5.92 Å². The summed E-state index contributed by atoms with van der Waals surface area (Å²) >= 11 is 22.4. The molecule has 3 rings (SSSR count). The summed E-state index contributed by atoms with van der Waals surface area (Å²) in [6, 6.07) is 6.20. The van der Waals surface area contributed by atoms with E-state index in [0.29, 0.717) is 40.7 Å². The Bertz CT molecular complexity index is 871. The van der Waals surface area contributed by atoms with Crippen LogP contribution in [-0.4, -0.2) is 85.1 Å². The summed E-state index contributed by atoms with van der Waals surface area (Å²) < 4.78 is 5.25. The van der Waals surface area contributed by atoms with Gasteiger partial charge in [-0.2, -0.15) is 11.5 Å². The number of hydrogen-bond acceptors (Lipinski definition) is 8. The van der Waals surface area contributed by atoms with Crippen LogP contribution in [0.2, 0.25) is 10.0 Å². The maximum Gasteiger partial charge on any atom is 0.310 e. The monoisotopic (exact) mass is 747 g/mol. The molecule has 0 amide bonds. The Labute approximate surface area is 249 Å². The van der Waals surface area contributed by atoms with Gasteiger partial charge in [0.05, 0.1) is 23.1 Å². The van der Waals surface area contributed by atoms with E-state index in [1.54, 1.807) is 6.07 Å². The predicted molar refractivity (Wildman–Crippen MR) is 141 cm³/mol. The quantitative estimate of drug-likeness (QED) is 0.141. The first-order valence-corrected chi connectivity index (χ1v) is 13.7. The zero-order chi connectivity index (χ0) is 24.7. The van der Waals surface area contributed by atoms with E-state index in [4.69, 9.17) is 53.2 Å². The number of halogens is 2. The second-order valence-corrected chi connectivity index (χ2v) is 10.5. The average molecular weight is 748 g/mol. The zero-order valence-electron chi connectivity index (χ0n) is 20.2. The van der Waals surface area contributed by atoms with Crippen LogP contribution < -0.4 is 5.11 Å². The van der Waals surface area contributed by atoms with Crippen molar-refractivity contribution in [2.45, 2.75) is 43.7 Å². The molecule has 0 aliphatic carbocycles. The summed E-state index contributed by atoms with van der Waals surface area (Å²) in [7, 11) is 1.46. The molecule has 2 saturated heterocycles. The number of carbonyl (C=O) groups excluding carboxylic acids is 1. The molecular weight excluding hydrogens is 716 g/mol. The van der Waals surface area contributed by atoms with E-state index >= 15 is 0 Å². The number of fused-ring (bicyclic) bond motifs is 2. The van der Waals surface area contributed by atoms with Crippen LogP contribution in [0.3, 0.4) is 0 Å². The van der Waals surface area contributed by atoms with Crippen molar-refractivity contribution in [2.75, 3.05) is 51.3 Å². The van der Waals surface area contributed by atoms with Crippen LogP contribution in [0.15, 0.2) is 23.2 Å². The molecule has 2 fully saturated rings. The van der Waals surface area contributed by atoms with Crippen molar-refractivity contribution in [3.05, 3.63) is 33.8 Å². The summed E-state index contributed by atoms with van der Waals surface area (Å²) in [5.41, 5.74) is 1.04. The molecule has 7 nitrogen and oxygen atoms in total. The first-order chi connectivity index (χ1) is 16.4. The molecule has 1 aromatic rings. The molecule has 2 bridgehead atoms. The van der Waals surface area contributed by atoms with Crippen LogP contribution in [-0.2, 0) is 60.7 Å². The third kappa shape index (κ3) is 8.75. The topological polar surface area (TPSA) is 96.7 Å². The van der Waals surface area contributed by atoms with Gasteiger partial charge in [-0.15, -0.1) is 0 Å². The maximum atomic E-state index is 12.9. The number of aliphatic imine (C=N–C) groups is 1. The molecule has 3 unspecified atom stereocenters. The van der Waals surface area contributed by atoms with Crippen molar-refractivity contribution < 1.29 is 40.5 Å². The summed E-state index contributed by atoms with van der Waals surface area (Å²) in [5.74, 6) is 0.517. The van der Waals surface area contributed by atoms with Crippen LogP contribution in [0.25, 0.3) is 0 Å². The summed E-state index contributed by atoms with van der Waals surface area (Å²) in [6.45, 7) is 2.98. The molecule has 2 aliphatic heterocycles. The molecule has 2 aliphatic rings. The second kappa shape index (κ2) is 16.8. The minimum Gasteiger partial charge on any atom is -2.00 e. The smallest absolute Gasteiger partial charge is 0.310 e. The number of methoxy groups -OCH3 is 1. The van der Waals surface area contributed by atoms with Gasteiger partial charge in [-0.05, 0) is 68.9 Å². The fourth-order valence-corrected chi connectivity index (χ4v) is 6.15. The van der Waals surface area contributed by atoms with Gasteiger partial charge in [-0.3, -0.25) is 9.69 Å². The minimum atomic E-state index is -0.247. The number of ether oxygens (including phenoxy) is 1. The Kier molecular flexibility index (Phi) is 15.9. The van der Waals surface area contributed by atoms with Crippen LogP contribution in [0.5, 0.6) is 0 Å². The third-order valence-corrected chi connectivity index (χ3v) is 8.05. The van der Waals surface area contributed by atoms with Crippen molar-refractivity contribution >= 4 is 60.3 Å². The molecule has 1 aromatic carbocycles. The van der Waals surface area contributed by atoms with Gasteiger partial charge >= 0.3 is 5.97 Å². The van der Waals surface area contributed by atoms with Gasteiger partial charge in [-0.1, -0.05) is 29.3 Å². The van der Waals surface area contributed by atoms with Crippen molar-refractivity contribution in [1.29, 1.82) is 0 Å². The van der Waals surface area contributed by atoms with Crippen molar-refractivity contribution in [3.8, 4) is 0 Å². The minimum absolute atomic E-state index is 0. The van der Waals surface area contributed by atoms with E-state index in [2.05, 4.69) is 14.8 Å². The number of nitrogens with zero attached hydrogens (tertiary/aromatic N) is 3. The molecule has 2 heterocycles. The van der Waals surface area contributed by atoms with E-state index in [-0.39, 0.29) is 62.2 Å². The van der Waals surface area contributed by atoms with Gasteiger partial charge in [0, 0.05) is 51.5 Å². The van der Waals surface area contributed by atoms with Gasteiger partial charge in [-0.25, -0.2) is 0 Å². The van der Waals surface area contributed by atoms with Crippen LogP contribution in [0.1, 0.15) is 37.2 Å². The molecule has 0 saturated carbocycles. The maximum absolute atomic E-state index is 12.9. The number of rotatable bonds is 12. The largest absolute Gasteiger partial charge is 2.00 e. The van der Waals surface area contributed by atoms with Gasteiger partial charge < -0.3 is 50.5 Å². The van der Waals surface area contributed by atoms with Gasteiger partial charge in [0.2, 0.25) is 0 Å². The summed E-state index contributed by atoms with van der Waals surface area (Å²) in [5, 5.41) is 13.1. The number of carbonyl (C=O) groups is 1. The zero-order valence-corrected chi connectivity index (χ0v) is 26.1. The Morgan fingerprint density at radius 2 is 1.97 bits per heavy atom. The molecular formula is C24H32Cl2N3O4ReS2-5. The Balaban J connectivity index is 0.00000324. The fraction of sp³-hybridized carbons (Fsp3) is 0.667. The van der Waals surface area contributed by atoms with Gasteiger partial charge in [0.15, 0.2) is 0 Å². The number of esters is 1. The van der Waals surface area contributed by atoms with Crippen LogP contribution >= 0.6 is 23.2 Å². The van der Waals surface area contributed by atoms with Gasteiger partial charge in [0.1, 0.15) is 0 Å².